The van der Waals surface area contributed by atoms with Crippen molar-refractivity contribution >= 4 is 54.6 Å². The van der Waals surface area contributed by atoms with Gasteiger partial charge in [-0.25, -0.2) is 4.57 Å². The summed E-state index contributed by atoms with van der Waals surface area (Å²) in [6.45, 7) is 2.15. The van der Waals surface area contributed by atoms with Gasteiger partial charge in [0.25, 0.3) is 0 Å². The molecule has 0 aliphatic rings. The summed E-state index contributed by atoms with van der Waals surface area (Å²) in [6.07, 6.45) is 2.19. The number of para-hydroxylation sites is 1. The van der Waals surface area contributed by atoms with Crippen LogP contribution in [-0.4, -0.2) is 0 Å². The number of furan rings is 2. The maximum Gasteiger partial charge on any atom is 0.216 e. The van der Waals surface area contributed by atoms with Gasteiger partial charge in [-0.15, -0.1) is 0 Å². The molecule has 152 valence electrons. The van der Waals surface area contributed by atoms with Gasteiger partial charge >= 0.3 is 0 Å². The van der Waals surface area contributed by atoms with Crippen LogP contribution in [0.2, 0.25) is 0 Å². The largest absolute Gasteiger partial charge is 0.456 e. The van der Waals surface area contributed by atoms with E-state index in [1.54, 1.807) is 0 Å². The molecule has 3 nitrogen and oxygen atoms in total. The first-order valence-electron chi connectivity index (χ1n) is 10.8. The van der Waals surface area contributed by atoms with Crippen LogP contribution in [0.4, 0.5) is 0 Å². The van der Waals surface area contributed by atoms with Gasteiger partial charge in [0.15, 0.2) is 6.20 Å². The smallest absolute Gasteiger partial charge is 0.216 e. The summed E-state index contributed by atoms with van der Waals surface area (Å²) in [6, 6.07) is 27.5. The average molecular weight is 414 g/mol. The van der Waals surface area contributed by atoms with Gasteiger partial charge in [-0.1, -0.05) is 48.5 Å². The molecule has 0 N–H and O–H groups in total. The van der Waals surface area contributed by atoms with Crippen LogP contribution >= 0.6 is 0 Å². The topological polar surface area (TPSA) is 30.2 Å². The van der Waals surface area contributed by atoms with Crippen molar-refractivity contribution in [2.75, 3.05) is 0 Å². The third-order valence-electron chi connectivity index (χ3n) is 6.60. The van der Waals surface area contributed by atoms with E-state index in [0.717, 1.165) is 55.1 Å². The number of rotatable bonds is 1. The highest BCUT2D eigenvalue weighted by Gasteiger charge is 2.22. The molecule has 3 heterocycles. The van der Waals surface area contributed by atoms with Crippen LogP contribution in [0.15, 0.2) is 93.9 Å². The molecular weight excluding hydrogens is 394 g/mol. The van der Waals surface area contributed by atoms with E-state index in [1.807, 2.05) is 18.2 Å². The summed E-state index contributed by atoms with van der Waals surface area (Å²) in [5.41, 5.74) is 7.06. The standard InChI is InChI=1S/C29H20NO2/c1-17-11-12-21-23-15-26-22(20-9-5-6-10-25(20)31-26)14-27(23)32-29(21)28(17)24-13-18-7-3-4-8-19(18)16-30(24)2/h3-16H,1-2H3/q+1. The second-order valence-corrected chi connectivity index (χ2v) is 8.58. The number of hydrogen-bond donors (Lipinski definition) is 0. The molecule has 0 saturated carbocycles. The number of aromatic nitrogens is 1. The Morgan fingerprint density at radius 3 is 2.22 bits per heavy atom. The van der Waals surface area contributed by atoms with Gasteiger partial charge in [0.05, 0.1) is 5.56 Å². The minimum absolute atomic E-state index is 0.884. The van der Waals surface area contributed by atoms with Crippen molar-refractivity contribution in [2.24, 2.45) is 7.05 Å². The van der Waals surface area contributed by atoms with Gasteiger partial charge < -0.3 is 8.83 Å². The number of benzene rings is 4. The Morgan fingerprint density at radius 1 is 0.625 bits per heavy atom. The molecule has 0 unspecified atom stereocenters. The maximum atomic E-state index is 6.56. The Labute approximate surface area is 184 Å². The summed E-state index contributed by atoms with van der Waals surface area (Å²) in [5, 5.41) is 6.83. The Bertz CT molecular complexity index is 1850. The Morgan fingerprint density at radius 2 is 1.34 bits per heavy atom. The van der Waals surface area contributed by atoms with Crippen LogP contribution < -0.4 is 4.57 Å². The molecule has 0 bridgehead atoms. The highest BCUT2D eigenvalue weighted by molar-refractivity contribution is 6.16. The first kappa shape index (κ1) is 17.6. The summed E-state index contributed by atoms with van der Waals surface area (Å²) < 4.78 is 14.9. The summed E-state index contributed by atoms with van der Waals surface area (Å²) in [4.78, 5) is 0. The van der Waals surface area contributed by atoms with E-state index in [4.69, 9.17) is 8.83 Å². The molecule has 0 amide bonds. The summed E-state index contributed by atoms with van der Waals surface area (Å²) >= 11 is 0. The van der Waals surface area contributed by atoms with Crippen LogP contribution in [-0.2, 0) is 7.05 Å². The third kappa shape index (κ3) is 2.33. The number of pyridine rings is 1. The fraction of sp³-hybridized carbons (Fsp3) is 0.0690. The van der Waals surface area contributed by atoms with Gasteiger partial charge in [0, 0.05) is 33.0 Å². The maximum absolute atomic E-state index is 6.56. The van der Waals surface area contributed by atoms with Gasteiger partial charge in [0.1, 0.15) is 29.4 Å². The van der Waals surface area contributed by atoms with Gasteiger partial charge in [-0.05, 0) is 42.1 Å². The quantitative estimate of drug-likeness (QED) is 0.261. The molecule has 32 heavy (non-hydrogen) atoms. The van der Waals surface area contributed by atoms with Crippen LogP contribution in [0.1, 0.15) is 5.56 Å². The zero-order valence-electron chi connectivity index (χ0n) is 17.8. The lowest BCUT2D eigenvalue weighted by Gasteiger charge is -2.07. The summed E-state index contributed by atoms with van der Waals surface area (Å²) in [7, 11) is 2.10. The van der Waals surface area contributed by atoms with Crippen LogP contribution in [0, 0.1) is 6.92 Å². The van der Waals surface area contributed by atoms with Crippen molar-refractivity contribution < 1.29 is 13.4 Å². The van der Waals surface area contributed by atoms with E-state index in [0.29, 0.717) is 0 Å². The second kappa shape index (κ2) is 6.21. The highest BCUT2D eigenvalue weighted by Crippen LogP contribution is 2.40. The molecule has 0 radical (unpaired) electrons. The van der Waals surface area contributed by atoms with E-state index in [9.17, 15) is 0 Å². The molecule has 0 aliphatic heterocycles. The van der Waals surface area contributed by atoms with Gasteiger partial charge in [-0.2, -0.15) is 0 Å². The van der Waals surface area contributed by atoms with E-state index >= 15 is 0 Å². The fourth-order valence-electron chi connectivity index (χ4n) is 5.01. The molecule has 4 aromatic carbocycles. The molecule has 0 spiro atoms. The van der Waals surface area contributed by atoms with Crippen molar-refractivity contribution in [2.45, 2.75) is 6.92 Å². The Kier molecular flexibility index (Phi) is 3.41. The SMILES string of the molecule is Cc1ccc2c(oc3cc4c(cc32)oc2ccccc24)c1-c1cc2ccccc2c[n+]1C. The third-order valence-corrected chi connectivity index (χ3v) is 6.60. The molecule has 0 aliphatic carbocycles. The van der Waals surface area contributed by atoms with Crippen molar-refractivity contribution in [1.82, 2.24) is 0 Å². The zero-order chi connectivity index (χ0) is 21.4. The number of hydrogen-bond acceptors (Lipinski definition) is 2. The van der Waals surface area contributed by atoms with E-state index in [1.165, 1.54) is 16.3 Å². The lowest BCUT2D eigenvalue weighted by molar-refractivity contribution is -0.659. The number of nitrogens with zero attached hydrogens (tertiary/aromatic N) is 1. The van der Waals surface area contributed by atoms with Gasteiger partial charge in [0.2, 0.25) is 5.69 Å². The molecule has 3 aromatic heterocycles. The van der Waals surface area contributed by atoms with Crippen molar-refractivity contribution in [3.05, 3.63) is 90.6 Å². The van der Waals surface area contributed by atoms with E-state index in [-0.39, 0.29) is 0 Å². The second-order valence-electron chi connectivity index (χ2n) is 8.58. The Hall–Kier alpha value is -4.11. The zero-order valence-corrected chi connectivity index (χ0v) is 17.8. The van der Waals surface area contributed by atoms with Crippen LogP contribution in [0.3, 0.4) is 0 Å². The number of fused-ring (bicyclic) bond motifs is 7. The summed E-state index contributed by atoms with van der Waals surface area (Å²) in [5.74, 6) is 0. The first-order chi connectivity index (χ1) is 15.7. The monoisotopic (exact) mass is 414 g/mol. The molecule has 3 heteroatoms. The average Bonchev–Trinajstić information content (AvgIpc) is 3.34. The van der Waals surface area contributed by atoms with E-state index < -0.39 is 0 Å². The highest BCUT2D eigenvalue weighted by atomic mass is 16.3. The minimum Gasteiger partial charge on any atom is -0.456 e. The van der Waals surface area contributed by atoms with Gasteiger partial charge in [-0.3, -0.25) is 0 Å². The van der Waals surface area contributed by atoms with Crippen LogP contribution in [0.5, 0.6) is 0 Å². The number of aryl methyl sites for hydroxylation is 2. The fourth-order valence-corrected chi connectivity index (χ4v) is 5.01. The Balaban J connectivity index is 1.58. The molecule has 7 rings (SSSR count). The van der Waals surface area contributed by atoms with Crippen LogP contribution in [0.25, 0.3) is 65.9 Å². The minimum atomic E-state index is 0.884. The predicted molar refractivity (Wildman–Crippen MR) is 130 cm³/mol. The van der Waals surface area contributed by atoms with Crippen molar-refractivity contribution in [3.8, 4) is 11.3 Å². The predicted octanol–water partition coefficient (Wildman–Crippen LogP) is 7.44. The normalized spacial score (nSPS) is 12.1. The molecular formula is C29H20NO2+. The molecule has 0 saturated heterocycles. The molecule has 0 fully saturated rings. The van der Waals surface area contributed by atoms with Crippen molar-refractivity contribution in [1.29, 1.82) is 0 Å². The van der Waals surface area contributed by atoms with Crippen molar-refractivity contribution in [3.63, 3.8) is 0 Å². The molecule has 0 atom stereocenters. The molecule has 7 aromatic rings. The first-order valence-corrected chi connectivity index (χ1v) is 10.8. The lowest BCUT2D eigenvalue weighted by atomic mass is 9.99. The lowest BCUT2D eigenvalue weighted by Crippen LogP contribution is -2.30. The van der Waals surface area contributed by atoms with E-state index in [2.05, 4.69) is 85.4 Å².